The lowest BCUT2D eigenvalue weighted by molar-refractivity contribution is -0.133. The van der Waals surface area contributed by atoms with Crippen molar-refractivity contribution in [1.82, 2.24) is 10.9 Å². The number of carbonyl (C=O) groups is 2. The van der Waals surface area contributed by atoms with Crippen molar-refractivity contribution in [3.05, 3.63) is 59.2 Å². The summed E-state index contributed by atoms with van der Waals surface area (Å²) >= 11 is 0. The van der Waals surface area contributed by atoms with Crippen molar-refractivity contribution in [2.75, 3.05) is 6.61 Å². The molecule has 0 saturated carbocycles. The van der Waals surface area contributed by atoms with Gasteiger partial charge in [0.15, 0.2) is 12.7 Å². The van der Waals surface area contributed by atoms with Gasteiger partial charge in [0.1, 0.15) is 11.5 Å². The third-order valence-electron chi connectivity index (χ3n) is 4.10. The van der Waals surface area contributed by atoms with Gasteiger partial charge in [-0.1, -0.05) is 37.3 Å². The van der Waals surface area contributed by atoms with Gasteiger partial charge in [0.2, 0.25) is 0 Å². The number of hydrogen-bond donors (Lipinski definition) is 2. The average molecular weight is 370 g/mol. The molecular weight excluding hydrogens is 344 g/mol. The van der Waals surface area contributed by atoms with Gasteiger partial charge < -0.3 is 9.47 Å². The normalized spacial score (nSPS) is 11.4. The molecule has 1 atom stereocenters. The highest BCUT2D eigenvalue weighted by molar-refractivity contribution is 5.85. The van der Waals surface area contributed by atoms with E-state index in [-0.39, 0.29) is 6.61 Å². The molecule has 2 rings (SSSR count). The van der Waals surface area contributed by atoms with Crippen molar-refractivity contribution in [3.63, 3.8) is 0 Å². The molecule has 0 saturated heterocycles. The lowest BCUT2D eigenvalue weighted by atomic mass is 10.1. The molecule has 0 spiro atoms. The first-order chi connectivity index (χ1) is 12.9. The maximum Gasteiger partial charge on any atom is 0.279 e. The van der Waals surface area contributed by atoms with Crippen LogP contribution in [0.1, 0.15) is 30.5 Å². The number of para-hydroxylation sites is 1. The van der Waals surface area contributed by atoms with E-state index < -0.39 is 17.9 Å². The Hall–Kier alpha value is -3.02. The maximum absolute atomic E-state index is 12.1. The van der Waals surface area contributed by atoms with Gasteiger partial charge in [-0.15, -0.1) is 0 Å². The summed E-state index contributed by atoms with van der Waals surface area (Å²) in [6.07, 6.45) is 0.183. The highest BCUT2D eigenvalue weighted by Gasteiger charge is 2.17. The Labute approximate surface area is 159 Å². The average Bonchev–Trinajstić information content (AvgIpc) is 2.67. The van der Waals surface area contributed by atoms with Crippen LogP contribution in [0.25, 0.3) is 0 Å². The third-order valence-corrected chi connectivity index (χ3v) is 4.10. The fourth-order valence-electron chi connectivity index (χ4n) is 2.45. The summed E-state index contributed by atoms with van der Waals surface area (Å²) in [7, 11) is 0. The van der Waals surface area contributed by atoms with E-state index in [0.717, 1.165) is 17.5 Å². The minimum absolute atomic E-state index is 0.197. The summed E-state index contributed by atoms with van der Waals surface area (Å²) in [5, 5.41) is 0. The summed E-state index contributed by atoms with van der Waals surface area (Å²) in [5.74, 6) is 0.367. The van der Waals surface area contributed by atoms with Gasteiger partial charge in [0.05, 0.1) is 0 Å². The standard InChI is InChI=1S/C21H26N2O4/c1-5-17-9-11-18(12-10-17)26-13-19(24)22-23-21(25)16(4)27-20-14(2)7-6-8-15(20)3/h6-12,16H,5,13H2,1-4H3,(H,22,24)(H,23,25)/t16-/m0/s1. The molecule has 0 fully saturated rings. The lowest BCUT2D eigenvalue weighted by Gasteiger charge is -2.18. The summed E-state index contributed by atoms with van der Waals surface area (Å²) in [6, 6.07) is 13.3. The van der Waals surface area contributed by atoms with Gasteiger partial charge >= 0.3 is 0 Å². The Morgan fingerprint density at radius 3 is 2.22 bits per heavy atom. The number of nitrogens with one attached hydrogen (secondary N) is 2. The number of hydrazine groups is 1. The second-order valence-electron chi connectivity index (χ2n) is 6.30. The van der Waals surface area contributed by atoms with Gasteiger partial charge in [0.25, 0.3) is 11.8 Å². The molecule has 0 radical (unpaired) electrons. The van der Waals surface area contributed by atoms with Crippen molar-refractivity contribution >= 4 is 11.8 Å². The minimum Gasteiger partial charge on any atom is -0.484 e. The van der Waals surface area contributed by atoms with Crippen molar-refractivity contribution in [2.45, 2.75) is 40.2 Å². The number of ether oxygens (including phenoxy) is 2. The highest BCUT2D eigenvalue weighted by Crippen LogP contribution is 2.23. The van der Waals surface area contributed by atoms with Crippen LogP contribution in [0.3, 0.4) is 0 Å². The molecule has 2 amide bonds. The minimum atomic E-state index is -0.757. The van der Waals surface area contributed by atoms with Gasteiger partial charge in [-0.2, -0.15) is 0 Å². The van der Waals surface area contributed by atoms with Gasteiger partial charge in [-0.05, 0) is 56.0 Å². The second-order valence-corrected chi connectivity index (χ2v) is 6.30. The van der Waals surface area contributed by atoms with E-state index in [1.165, 1.54) is 5.56 Å². The SMILES string of the molecule is CCc1ccc(OCC(=O)NNC(=O)[C@H](C)Oc2c(C)cccc2C)cc1. The largest absolute Gasteiger partial charge is 0.484 e. The van der Waals surface area contributed by atoms with Crippen LogP contribution in [0.15, 0.2) is 42.5 Å². The van der Waals surface area contributed by atoms with Crippen LogP contribution in [0.5, 0.6) is 11.5 Å². The van der Waals surface area contributed by atoms with E-state index in [1.54, 1.807) is 6.92 Å². The topological polar surface area (TPSA) is 76.7 Å². The van der Waals surface area contributed by atoms with Crippen LogP contribution < -0.4 is 20.3 Å². The van der Waals surface area contributed by atoms with Crippen LogP contribution in [-0.4, -0.2) is 24.5 Å². The molecule has 0 aromatic heterocycles. The molecule has 0 aliphatic rings. The van der Waals surface area contributed by atoms with Crippen LogP contribution in [0.2, 0.25) is 0 Å². The van der Waals surface area contributed by atoms with E-state index in [0.29, 0.717) is 11.5 Å². The smallest absolute Gasteiger partial charge is 0.279 e. The number of amides is 2. The number of rotatable bonds is 7. The maximum atomic E-state index is 12.1. The number of carbonyl (C=O) groups excluding carboxylic acids is 2. The second kappa shape index (κ2) is 9.62. The molecule has 2 N–H and O–H groups in total. The zero-order valence-corrected chi connectivity index (χ0v) is 16.2. The van der Waals surface area contributed by atoms with Gasteiger partial charge in [-0.25, -0.2) is 0 Å². The molecule has 6 nitrogen and oxygen atoms in total. The quantitative estimate of drug-likeness (QED) is 0.735. The fraction of sp³-hybridized carbons (Fsp3) is 0.333. The molecule has 27 heavy (non-hydrogen) atoms. The molecule has 0 aliphatic heterocycles. The summed E-state index contributed by atoms with van der Waals surface area (Å²) in [6.45, 7) is 7.33. The predicted octanol–water partition coefficient (Wildman–Crippen LogP) is 2.86. The number of aryl methyl sites for hydroxylation is 3. The number of benzene rings is 2. The summed E-state index contributed by atoms with van der Waals surface area (Å²) in [5.41, 5.74) is 7.76. The number of hydrogen-bond acceptors (Lipinski definition) is 4. The Bertz CT molecular complexity index is 767. The Morgan fingerprint density at radius 1 is 1.00 bits per heavy atom. The zero-order valence-electron chi connectivity index (χ0n) is 16.2. The van der Waals surface area contributed by atoms with E-state index in [4.69, 9.17) is 9.47 Å². The molecular formula is C21H26N2O4. The van der Waals surface area contributed by atoms with E-state index >= 15 is 0 Å². The van der Waals surface area contributed by atoms with Crippen molar-refractivity contribution in [3.8, 4) is 11.5 Å². The molecule has 2 aromatic carbocycles. The first kappa shape index (κ1) is 20.3. The molecule has 0 bridgehead atoms. The predicted molar refractivity (Wildman–Crippen MR) is 104 cm³/mol. The summed E-state index contributed by atoms with van der Waals surface area (Å²) in [4.78, 5) is 24.0. The van der Waals surface area contributed by atoms with Crippen LogP contribution in [0.4, 0.5) is 0 Å². The fourth-order valence-corrected chi connectivity index (χ4v) is 2.45. The molecule has 144 valence electrons. The lowest BCUT2D eigenvalue weighted by Crippen LogP contribution is -2.48. The van der Waals surface area contributed by atoms with Crippen LogP contribution >= 0.6 is 0 Å². The first-order valence-electron chi connectivity index (χ1n) is 8.94. The van der Waals surface area contributed by atoms with Crippen molar-refractivity contribution in [2.24, 2.45) is 0 Å². The zero-order chi connectivity index (χ0) is 19.8. The highest BCUT2D eigenvalue weighted by atomic mass is 16.5. The molecule has 0 aliphatic carbocycles. The van der Waals surface area contributed by atoms with Gasteiger partial charge in [0, 0.05) is 0 Å². The molecule has 0 heterocycles. The van der Waals surface area contributed by atoms with Gasteiger partial charge in [-0.3, -0.25) is 20.4 Å². The van der Waals surface area contributed by atoms with E-state index in [1.807, 2.05) is 56.3 Å². The Morgan fingerprint density at radius 2 is 1.63 bits per heavy atom. The molecule has 0 unspecified atom stereocenters. The Kier molecular flexibility index (Phi) is 7.23. The first-order valence-corrected chi connectivity index (χ1v) is 8.94. The molecule has 6 heteroatoms. The van der Waals surface area contributed by atoms with E-state index in [2.05, 4.69) is 17.8 Å². The Balaban J connectivity index is 1.77. The van der Waals surface area contributed by atoms with Crippen LogP contribution in [0, 0.1) is 13.8 Å². The third kappa shape index (κ3) is 6.02. The van der Waals surface area contributed by atoms with Crippen molar-refractivity contribution in [1.29, 1.82) is 0 Å². The summed E-state index contributed by atoms with van der Waals surface area (Å²) < 4.78 is 11.1. The van der Waals surface area contributed by atoms with Crippen molar-refractivity contribution < 1.29 is 19.1 Å². The van der Waals surface area contributed by atoms with E-state index in [9.17, 15) is 9.59 Å². The monoisotopic (exact) mass is 370 g/mol. The molecule has 2 aromatic rings. The van der Waals surface area contributed by atoms with Crippen LogP contribution in [-0.2, 0) is 16.0 Å².